The van der Waals surface area contributed by atoms with Crippen LogP contribution in [-0.2, 0) is 16.1 Å². The molecular formula is C25H31N3O3. The number of amides is 2. The van der Waals surface area contributed by atoms with Gasteiger partial charge < -0.3 is 14.5 Å². The Labute approximate surface area is 184 Å². The van der Waals surface area contributed by atoms with E-state index in [0.29, 0.717) is 25.3 Å². The molecule has 2 aliphatic rings. The third-order valence-corrected chi connectivity index (χ3v) is 6.26. The third-order valence-electron chi connectivity index (χ3n) is 6.26. The maximum Gasteiger partial charge on any atom is 0.255 e. The fourth-order valence-electron chi connectivity index (χ4n) is 4.51. The highest BCUT2D eigenvalue weighted by Gasteiger charge is 2.35. The van der Waals surface area contributed by atoms with E-state index in [0.717, 1.165) is 36.9 Å². The van der Waals surface area contributed by atoms with Gasteiger partial charge in [-0.3, -0.25) is 14.6 Å². The molecule has 2 aromatic rings. The summed E-state index contributed by atoms with van der Waals surface area (Å²) >= 11 is 0. The second kappa shape index (κ2) is 10.1. The van der Waals surface area contributed by atoms with Gasteiger partial charge in [0.25, 0.3) is 5.91 Å². The highest BCUT2D eigenvalue weighted by molar-refractivity contribution is 5.96. The summed E-state index contributed by atoms with van der Waals surface area (Å²) in [6.07, 6.45) is 6.97. The summed E-state index contributed by atoms with van der Waals surface area (Å²) in [5.74, 6) is -0.147. The second-order valence-corrected chi connectivity index (χ2v) is 8.63. The van der Waals surface area contributed by atoms with Crippen LogP contribution in [0.1, 0.15) is 53.7 Å². The number of aryl methyl sites for hydroxylation is 1. The van der Waals surface area contributed by atoms with Crippen molar-refractivity contribution >= 4 is 11.8 Å². The molecule has 2 amide bonds. The zero-order chi connectivity index (χ0) is 21.6. The number of pyridine rings is 1. The minimum Gasteiger partial charge on any atom is -0.370 e. The Morgan fingerprint density at radius 2 is 1.84 bits per heavy atom. The average Bonchev–Trinajstić information content (AvgIpc) is 2.98. The average molecular weight is 422 g/mol. The van der Waals surface area contributed by atoms with Crippen molar-refractivity contribution in [2.75, 3.05) is 19.6 Å². The molecule has 1 aliphatic carbocycles. The minimum absolute atomic E-state index is 0.0196. The van der Waals surface area contributed by atoms with Crippen LogP contribution in [0.4, 0.5) is 0 Å². The lowest BCUT2D eigenvalue weighted by molar-refractivity contribution is -0.134. The predicted octanol–water partition coefficient (Wildman–Crippen LogP) is 3.59. The van der Waals surface area contributed by atoms with Gasteiger partial charge in [0, 0.05) is 31.0 Å². The molecule has 1 atom stereocenters. The van der Waals surface area contributed by atoms with Gasteiger partial charge >= 0.3 is 0 Å². The number of carbonyl (C=O) groups is 2. The van der Waals surface area contributed by atoms with Crippen LogP contribution < -0.4 is 0 Å². The lowest BCUT2D eigenvalue weighted by atomic mass is 9.94. The van der Waals surface area contributed by atoms with Crippen molar-refractivity contribution in [1.29, 1.82) is 0 Å². The number of aromatic nitrogens is 1. The quantitative estimate of drug-likeness (QED) is 0.740. The monoisotopic (exact) mass is 421 g/mol. The molecule has 0 spiro atoms. The number of rotatable bonds is 5. The van der Waals surface area contributed by atoms with Gasteiger partial charge in [-0.25, -0.2) is 0 Å². The smallest absolute Gasteiger partial charge is 0.255 e. The van der Waals surface area contributed by atoms with E-state index in [9.17, 15) is 9.59 Å². The van der Waals surface area contributed by atoms with Crippen molar-refractivity contribution in [3.05, 3.63) is 65.5 Å². The molecular weight excluding hydrogens is 390 g/mol. The maximum absolute atomic E-state index is 13.2. The van der Waals surface area contributed by atoms with Crippen LogP contribution in [0.15, 0.2) is 48.7 Å². The van der Waals surface area contributed by atoms with E-state index in [4.69, 9.17) is 4.74 Å². The fourth-order valence-corrected chi connectivity index (χ4v) is 4.51. The lowest BCUT2D eigenvalue weighted by Gasteiger charge is -2.34. The number of ether oxygens (including phenoxy) is 1. The predicted molar refractivity (Wildman–Crippen MR) is 118 cm³/mol. The van der Waals surface area contributed by atoms with Gasteiger partial charge in [-0.05, 0) is 37.5 Å². The van der Waals surface area contributed by atoms with Crippen LogP contribution in [0.3, 0.4) is 0 Å². The highest BCUT2D eigenvalue weighted by atomic mass is 16.5. The van der Waals surface area contributed by atoms with Gasteiger partial charge in [-0.15, -0.1) is 0 Å². The minimum atomic E-state index is -0.226. The molecule has 164 valence electrons. The number of nitrogens with zero attached hydrogens (tertiary/aromatic N) is 3. The van der Waals surface area contributed by atoms with Gasteiger partial charge in [0.2, 0.25) is 5.91 Å². The zero-order valence-electron chi connectivity index (χ0n) is 18.2. The van der Waals surface area contributed by atoms with Crippen LogP contribution in [0.25, 0.3) is 0 Å². The molecule has 2 heterocycles. The summed E-state index contributed by atoms with van der Waals surface area (Å²) in [6.45, 7) is 3.38. The lowest BCUT2D eigenvalue weighted by Crippen LogP contribution is -2.46. The van der Waals surface area contributed by atoms with Crippen LogP contribution in [0.2, 0.25) is 0 Å². The van der Waals surface area contributed by atoms with E-state index in [-0.39, 0.29) is 30.5 Å². The van der Waals surface area contributed by atoms with Gasteiger partial charge in [-0.1, -0.05) is 49.6 Å². The Balaban J connectivity index is 1.52. The molecule has 1 saturated carbocycles. The van der Waals surface area contributed by atoms with Crippen molar-refractivity contribution in [1.82, 2.24) is 14.8 Å². The van der Waals surface area contributed by atoms with Gasteiger partial charge in [0.15, 0.2) is 0 Å². The Hall–Kier alpha value is -2.73. The van der Waals surface area contributed by atoms with E-state index in [1.807, 2.05) is 48.2 Å². The van der Waals surface area contributed by atoms with E-state index < -0.39 is 0 Å². The van der Waals surface area contributed by atoms with Gasteiger partial charge in [-0.2, -0.15) is 0 Å². The van der Waals surface area contributed by atoms with Crippen LogP contribution >= 0.6 is 0 Å². The molecule has 0 bridgehead atoms. The fraction of sp³-hybridized carbons (Fsp3) is 0.480. The Morgan fingerprint density at radius 3 is 2.55 bits per heavy atom. The molecule has 0 radical (unpaired) electrons. The van der Waals surface area contributed by atoms with Crippen molar-refractivity contribution < 1.29 is 14.3 Å². The molecule has 2 fully saturated rings. The zero-order valence-corrected chi connectivity index (χ0v) is 18.2. The molecule has 6 nitrogen and oxygen atoms in total. The van der Waals surface area contributed by atoms with Crippen molar-refractivity contribution in [2.45, 2.75) is 57.8 Å². The van der Waals surface area contributed by atoms with Gasteiger partial charge in [0.1, 0.15) is 6.54 Å². The Kier molecular flexibility index (Phi) is 6.97. The van der Waals surface area contributed by atoms with Crippen molar-refractivity contribution in [2.24, 2.45) is 0 Å². The molecule has 1 aliphatic heterocycles. The van der Waals surface area contributed by atoms with E-state index in [2.05, 4.69) is 4.98 Å². The topological polar surface area (TPSA) is 62.7 Å². The summed E-state index contributed by atoms with van der Waals surface area (Å²) in [5.41, 5.74) is 2.45. The Morgan fingerprint density at radius 1 is 1.06 bits per heavy atom. The largest absolute Gasteiger partial charge is 0.370 e. The first-order valence-corrected chi connectivity index (χ1v) is 11.3. The number of hydrogen-bond acceptors (Lipinski definition) is 4. The van der Waals surface area contributed by atoms with E-state index in [1.165, 1.54) is 6.42 Å². The SMILES string of the molecule is Cc1ccc(C(=O)N2CC(=O)N(C3CCCCC3)C[C@@H](OCc3ccccc3)C2)cn1. The first kappa shape index (κ1) is 21.5. The first-order chi connectivity index (χ1) is 15.1. The molecule has 0 unspecified atom stereocenters. The third kappa shape index (κ3) is 5.50. The summed E-state index contributed by atoms with van der Waals surface area (Å²) in [6, 6.07) is 13.9. The molecule has 4 rings (SSSR count). The first-order valence-electron chi connectivity index (χ1n) is 11.3. The van der Waals surface area contributed by atoms with Crippen LogP contribution in [-0.4, -0.2) is 58.4 Å². The summed E-state index contributed by atoms with van der Waals surface area (Å²) < 4.78 is 6.25. The molecule has 1 aromatic heterocycles. The normalized spacial score (nSPS) is 20.5. The summed E-state index contributed by atoms with van der Waals surface area (Å²) in [7, 11) is 0. The van der Waals surface area contributed by atoms with Gasteiger partial charge in [0.05, 0.1) is 18.3 Å². The highest BCUT2D eigenvalue weighted by Crippen LogP contribution is 2.25. The van der Waals surface area contributed by atoms with Crippen molar-refractivity contribution in [3.8, 4) is 0 Å². The molecule has 1 saturated heterocycles. The van der Waals surface area contributed by atoms with E-state index in [1.54, 1.807) is 17.2 Å². The number of benzene rings is 1. The molecule has 1 aromatic carbocycles. The summed E-state index contributed by atoms with van der Waals surface area (Å²) in [5, 5.41) is 0. The summed E-state index contributed by atoms with van der Waals surface area (Å²) in [4.78, 5) is 34.2. The second-order valence-electron chi connectivity index (χ2n) is 8.63. The van der Waals surface area contributed by atoms with E-state index >= 15 is 0 Å². The molecule has 31 heavy (non-hydrogen) atoms. The molecule has 0 N–H and O–H groups in total. The molecule has 6 heteroatoms. The number of carbonyl (C=O) groups excluding carboxylic acids is 2. The Bertz CT molecular complexity index is 879. The number of hydrogen-bond donors (Lipinski definition) is 0. The van der Waals surface area contributed by atoms with Crippen LogP contribution in [0, 0.1) is 6.92 Å². The standard InChI is InChI=1S/C25H31N3O3/c1-19-12-13-21(14-26-19)25(30)27-15-23(31-18-20-8-4-2-5-9-20)16-28(24(29)17-27)22-10-6-3-7-11-22/h2,4-5,8-9,12-14,22-23H,3,6-7,10-11,15-18H2,1H3/t23-/m0/s1. The van der Waals surface area contributed by atoms with Crippen LogP contribution in [0.5, 0.6) is 0 Å². The maximum atomic E-state index is 13.2. The van der Waals surface area contributed by atoms with Crippen molar-refractivity contribution in [3.63, 3.8) is 0 Å².